The third kappa shape index (κ3) is 4.39. The number of benzene rings is 1. The number of halogens is 1. The Hall–Kier alpha value is -0.770. The van der Waals surface area contributed by atoms with E-state index in [4.69, 9.17) is 22.1 Å². The van der Waals surface area contributed by atoms with Crippen LogP contribution in [0, 0.1) is 0 Å². The second-order valence-electron chi connectivity index (χ2n) is 3.96. The first-order valence-corrected chi connectivity index (χ1v) is 5.76. The molecule has 0 amide bonds. The first-order valence-electron chi connectivity index (χ1n) is 5.38. The summed E-state index contributed by atoms with van der Waals surface area (Å²) in [7, 11) is 4.07. The Labute approximate surface area is 102 Å². The first-order chi connectivity index (χ1) is 7.63. The van der Waals surface area contributed by atoms with Gasteiger partial charge in [-0.3, -0.25) is 0 Å². The summed E-state index contributed by atoms with van der Waals surface area (Å²) in [5.74, 6) is 0.841. The smallest absolute Gasteiger partial charge is 0.119 e. The van der Waals surface area contributed by atoms with Gasteiger partial charge in [-0.1, -0.05) is 11.6 Å². The maximum atomic E-state index is 5.79. The molecule has 0 fully saturated rings. The van der Waals surface area contributed by atoms with Crippen molar-refractivity contribution in [1.82, 2.24) is 4.90 Å². The lowest BCUT2D eigenvalue weighted by Crippen LogP contribution is -2.35. The Morgan fingerprint density at radius 2 is 1.94 bits per heavy atom. The molecule has 1 atom stereocenters. The summed E-state index contributed by atoms with van der Waals surface area (Å²) in [6.07, 6.45) is 0.931. The molecule has 0 spiro atoms. The van der Waals surface area contributed by atoms with Gasteiger partial charge in [-0.05, 0) is 51.3 Å². The van der Waals surface area contributed by atoms with Crippen LogP contribution in [0.4, 0.5) is 0 Å². The molecule has 0 radical (unpaired) electrons. The molecule has 2 N–H and O–H groups in total. The first kappa shape index (κ1) is 13.3. The molecule has 1 aromatic rings. The Bertz CT molecular complexity index is 300. The molecule has 3 nitrogen and oxygen atoms in total. The molecule has 0 heterocycles. The molecule has 1 aromatic carbocycles. The number of likely N-dealkylation sites (N-methyl/N-ethyl adjacent to an activating group) is 1. The van der Waals surface area contributed by atoms with Gasteiger partial charge in [-0.15, -0.1) is 0 Å². The van der Waals surface area contributed by atoms with Gasteiger partial charge in [0, 0.05) is 11.1 Å². The molecule has 0 aliphatic rings. The van der Waals surface area contributed by atoms with E-state index >= 15 is 0 Å². The molecule has 0 aliphatic heterocycles. The fourth-order valence-electron chi connectivity index (χ4n) is 1.41. The highest BCUT2D eigenvalue weighted by Crippen LogP contribution is 2.16. The molecule has 0 aromatic heterocycles. The zero-order chi connectivity index (χ0) is 12.0. The summed E-state index contributed by atoms with van der Waals surface area (Å²) in [6.45, 7) is 1.32. The van der Waals surface area contributed by atoms with Crippen LogP contribution in [-0.4, -0.2) is 38.2 Å². The van der Waals surface area contributed by atoms with Gasteiger partial charge in [0.15, 0.2) is 0 Å². The molecule has 90 valence electrons. The van der Waals surface area contributed by atoms with Gasteiger partial charge in [-0.2, -0.15) is 0 Å². The van der Waals surface area contributed by atoms with Crippen LogP contribution < -0.4 is 10.5 Å². The number of hydrogen-bond donors (Lipinski definition) is 1. The number of nitrogens with zero attached hydrogens (tertiary/aromatic N) is 1. The van der Waals surface area contributed by atoms with Crippen molar-refractivity contribution in [3.63, 3.8) is 0 Å². The van der Waals surface area contributed by atoms with E-state index in [1.807, 2.05) is 38.4 Å². The molecular weight excluding hydrogens is 224 g/mol. The third-order valence-electron chi connectivity index (χ3n) is 2.49. The van der Waals surface area contributed by atoms with Crippen LogP contribution in [0.2, 0.25) is 5.02 Å². The van der Waals surface area contributed by atoms with Crippen LogP contribution in [0.5, 0.6) is 5.75 Å². The van der Waals surface area contributed by atoms with Gasteiger partial charge in [0.25, 0.3) is 0 Å². The quantitative estimate of drug-likeness (QED) is 0.829. The number of hydrogen-bond acceptors (Lipinski definition) is 3. The van der Waals surface area contributed by atoms with Gasteiger partial charge >= 0.3 is 0 Å². The normalized spacial score (nSPS) is 12.8. The van der Waals surface area contributed by atoms with E-state index in [-0.39, 0.29) is 0 Å². The minimum absolute atomic E-state index is 0.348. The fourth-order valence-corrected chi connectivity index (χ4v) is 1.53. The molecule has 0 bridgehead atoms. The maximum absolute atomic E-state index is 5.79. The third-order valence-corrected chi connectivity index (χ3v) is 2.74. The number of nitrogens with two attached hydrogens (primary N) is 1. The minimum atomic E-state index is 0.348. The van der Waals surface area contributed by atoms with Crippen molar-refractivity contribution in [3.8, 4) is 5.75 Å². The number of ether oxygens (including phenoxy) is 1. The van der Waals surface area contributed by atoms with Crippen LogP contribution in [0.15, 0.2) is 24.3 Å². The molecule has 1 unspecified atom stereocenters. The maximum Gasteiger partial charge on any atom is 0.119 e. The lowest BCUT2D eigenvalue weighted by Gasteiger charge is -2.23. The van der Waals surface area contributed by atoms with Gasteiger partial charge in [0.1, 0.15) is 12.4 Å². The van der Waals surface area contributed by atoms with Gasteiger partial charge in [-0.25, -0.2) is 0 Å². The average Bonchev–Trinajstić information content (AvgIpc) is 2.26. The fraction of sp³-hybridized carbons (Fsp3) is 0.500. The van der Waals surface area contributed by atoms with Crippen molar-refractivity contribution in [1.29, 1.82) is 0 Å². The van der Waals surface area contributed by atoms with E-state index < -0.39 is 0 Å². The highest BCUT2D eigenvalue weighted by Gasteiger charge is 2.10. The zero-order valence-corrected chi connectivity index (χ0v) is 10.6. The molecule has 16 heavy (non-hydrogen) atoms. The zero-order valence-electron chi connectivity index (χ0n) is 9.82. The van der Waals surface area contributed by atoms with Crippen molar-refractivity contribution in [3.05, 3.63) is 29.3 Å². The largest absolute Gasteiger partial charge is 0.492 e. The van der Waals surface area contributed by atoms with Crippen molar-refractivity contribution >= 4 is 11.6 Å². The molecular formula is C12H19ClN2O. The Balaban J connectivity index is 2.45. The van der Waals surface area contributed by atoms with Crippen LogP contribution >= 0.6 is 11.6 Å². The molecule has 0 aliphatic carbocycles. The lowest BCUT2D eigenvalue weighted by atomic mass is 10.2. The topological polar surface area (TPSA) is 38.5 Å². The van der Waals surface area contributed by atoms with Crippen molar-refractivity contribution in [2.24, 2.45) is 5.73 Å². The second kappa shape index (κ2) is 6.74. The van der Waals surface area contributed by atoms with Crippen molar-refractivity contribution < 1.29 is 4.74 Å². The van der Waals surface area contributed by atoms with E-state index in [0.717, 1.165) is 17.2 Å². The van der Waals surface area contributed by atoms with Crippen LogP contribution in [0.1, 0.15) is 6.42 Å². The summed E-state index contributed by atoms with van der Waals surface area (Å²) in [4.78, 5) is 2.13. The van der Waals surface area contributed by atoms with Crippen LogP contribution in [-0.2, 0) is 0 Å². The van der Waals surface area contributed by atoms with E-state index in [1.165, 1.54) is 0 Å². The van der Waals surface area contributed by atoms with Gasteiger partial charge in [0.05, 0.1) is 0 Å². The Morgan fingerprint density at radius 3 is 2.44 bits per heavy atom. The van der Waals surface area contributed by atoms with Crippen LogP contribution in [0.3, 0.4) is 0 Å². The monoisotopic (exact) mass is 242 g/mol. The van der Waals surface area contributed by atoms with Crippen LogP contribution in [0.25, 0.3) is 0 Å². The molecule has 1 rings (SSSR count). The SMILES string of the molecule is CN(C)C(CCN)COc1ccc(Cl)cc1. The van der Waals surface area contributed by atoms with Gasteiger partial charge in [0.2, 0.25) is 0 Å². The summed E-state index contributed by atoms with van der Waals surface area (Å²) in [5.41, 5.74) is 5.56. The predicted octanol–water partition coefficient (Wildman–Crippen LogP) is 2.00. The van der Waals surface area contributed by atoms with E-state index in [1.54, 1.807) is 0 Å². The minimum Gasteiger partial charge on any atom is -0.492 e. The summed E-state index contributed by atoms with van der Waals surface area (Å²) < 4.78 is 5.68. The lowest BCUT2D eigenvalue weighted by molar-refractivity contribution is 0.179. The molecule has 0 saturated heterocycles. The van der Waals surface area contributed by atoms with E-state index in [0.29, 0.717) is 19.2 Å². The Kier molecular flexibility index (Phi) is 5.60. The summed E-state index contributed by atoms with van der Waals surface area (Å²) in [5, 5.41) is 0.721. The molecule has 4 heteroatoms. The van der Waals surface area contributed by atoms with Gasteiger partial charge < -0.3 is 15.4 Å². The standard InChI is InChI=1S/C12H19ClN2O/c1-15(2)11(7-8-14)9-16-12-5-3-10(13)4-6-12/h3-6,11H,7-9,14H2,1-2H3. The van der Waals surface area contributed by atoms with E-state index in [2.05, 4.69) is 4.90 Å². The summed E-state index contributed by atoms with van der Waals surface area (Å²) >= 11 is 5.79. The van der Waals surface area contributed by atoms with Crippen molar-refractivity contribution in [2.75, 3.05) is 27.2 Å². The average molecular weight is 243 g/mol. The Morgan fingerprint density at radius 1 is 1.31 bits per heavy atom. The highest BCUT2D eigenvalue weighted by molar-refractivity contribution is 6.30. The predicted molar refractivity (Wildman–Crippen MR) is 68.1 cm³/mol. The van der Waals surface area contributed by atoms with E-state index in [9.17, 15) is 0 Å². The molecule has 0 saturated carbocycles. The number of rotatable bonds is 6. The van der Waals surface area contributed by atoms with Crippen molar-refractivity contribution in [2.45, 2.75) is 12.5 Å². The second-order valence-corrected chi connectivity index (χ2v) is 4.40. The highest BCUT2D eigenvalue weighted by atomic mass is 35.5. The summed E-state index contributed by atoms with van der Waals surface area (Å²) in [6, 6.07) is 7.74.